The van der Waals surface area contributed by atoms with Gasteiger partial charge in [0.25, 0.3) is 0 Å². The van der Waals surface area contributed by atoms with Crippen molar-refractivity contribution in [2.24, 2.45) is 5.73 Å². The quantitative estimate of drug-likeness (QED) is 0.684. The topological polar surface area (TPSA) is 53.7 Å². The van der Waals surface area contributed by atoms with Gasteiger partial charge >= 0.3 is 0 Å². The molecule has 0 radical (unpaired) electrons. The van der Waals surface area contributed by atoms with Crippen LogP contribution in [0.4, 0.5) is 0 Å². The maximum atomic E-state index is 5.64. The largest absolute Gasteiger partial charge is 0.491 e. The molecule has 0 saturated carbocycles. The molecule has 0 heterocycles. The molecule has 1 atom stereocenters. The maximum Gasteiger partial charge on any atom is 0.123 e. The SMILES string of the molecule is CCOCC(C)OCCOc1ccccc1CN. The number of rotatable bonds is 9. The average Bonchev–Trinajstić information content (AvgIpc) is 2.41. The van der Waals surface area contributed by atoms with Crippen molar-refractivity contribution in [3.63, 3.8) is 0 Å². The summed E-state index contributed by atoms with van der Waals surface area (Å²) in [6, 6.07) is 7.78. The number of nitrogens with two attached hydrogens (primary N) is 1. The third-order valence-corrected chi connectivity index (χ3v) is 2.49. The molecule has 0 bridgehead atoms. The minimum Gasteiger partial charge on any atom is -0.491 e. The Kier molecular flexibility index (Phi) is 7.41. The van der Waals surface area contributed by atoms with E-state index < -0.39 is 0 Å². The van der Waals surface area contributed by atoms with Crippen LogP contribution in [0.5, 0.6) is 5.75 Å². The van der Waals surface area contributed by atoms with E-state index in [4.69, 9.17) is 19.9 Å². The van der Waals surface area contributed by atoms with E-state index in [1.807, 2.05) is 38.1 Å². The Hall–Kier alpha value is -1.10. The zero-order valence-corrected chi connectivity index (χ0v) is 11.2. The van der Waals surface area contributed by atoms with E-state index in [9.17, 15) is 0 Å². The lowest BCUT2D eigenvalue weighted by molar-refractivity contribution is -0.0128. The van der Waals surface area contributed by atoms with Gasteiger partial charge in [-0.05, 0) is 19.9 Å². The summed E-state index contributed by atoms with van der Waals surface area (Å²) in [4.78, 5) is 0. The Labute approximate surface area is 109 Å². The molecular formula is C14H23NO3. The van der Waals surface area contributed by atoms with Gasteiger partial charge in [-0.25, -0.2) is 0 Å². The zero-order valence-electron chi connectivity index (χ0n) is 11.2. The Bertz CT molecular complexity index is 331. The molecule has 1 rings (SSSR count). The predicted molar refractivity (Wildman–Crippen MR) is 71.7 cm³/mol. The van der Waals surface area contributed by atoms with Crippen LogP contribution in [0.3, 0.4) is 0 Å². The van der Waals surface area contributed by atoms with Crippen molar-refractivity contribution >= 4 is 0 Å². The van der Waals surface area contributed by atoms with Gasteiger partial charge < -0.3 is 19.9 Å². The smallest absolute Gasteiger partial charge is 0.123 e. The lowest BCUT2D eigenvalue weighted by Gasteiger charge is -2.14. The second-order valence-corrected chi connectivity index (χ2v) is 4.00. The van der Waals surface area contributed by atoms with E-state index in [1.165, 1.54) is 0 Å². The van der Waals surface area contributed by atoms with Crippen molar-refractivity contribution in [3.8, 4) is 5.75 Å². The molecule has 0 fully saturated rings. The predicted octanol–water partition coefficient (Wildman–Crippen LogP) is 1.97. The lowest BCUT2D eigenvalue weighted by Crippen LogP contribution is -2.19. The van der Waals surface area contributed by atoms with Crippen LogP contribution in [0.15, 0.2) is 24.3 Å². The summed E-state index contributed by atoms with van der Waals surface area (Å²) < 4.78 is 16.5. The van der Waals surface area contributed by atoms with E-state index in [0.29, 0.717) is 33.0 Å². The first-order chi connectivity index (χ1) is 8.77. The van der Waals surface area contributed by atoms with Gasteiger partial charge in [0.15, 0.2) is 0 Å². The maximum absolute atomic E-state index is 5.64. The highest BCUT2D eigenvalue weighted by molar-refractivity contribution is 5.32. The summed E-state index contributed by atoms with van der Waals surface area (Å²) in [5.41, 5.74) is 6.64. The molecule has 102 valence electrons. The van der Waals surface area contributed by atoms with Crippen molar-refractivity contribution in [1.29, 1.82) is 0 Å². The van der Waals surface area contributed by atoms with Crippen LogP contribution in [0.2, 0.25) is 0 Å². The molecule has 0 aliphatic heterocycles. The second kappa shape index (κ2) is 8.91. The normalized spacial score (nSPS) is 12.4. The van der Waals surface area contributed by atoms with Gasteiger partial charge in [-0.2, -0.15) is 0 Å². The molecule has 18 heavy (non-hydrogen) atoms. The molecule has 4 heteroatoms. The molecule has 1 aromatic rings. The molecule has 0 aliphatic carbocycles. The number of para-hydroxylation sites is 1. The van der Waals surface area contributed by atoms with Gasteiger partial charge in [0.1, 0.15) is 12.4 Å². The van der Waals surface area contributed by atoms with Gasteiger partial charge in [0, 0.05) is 18.7 Å². The van der Waals surface area contributed by atoms with Crippen molar-refractivity contribution in [2.45, 2.75) is 26.5 Å². The van der Waals surface area contributed by atoms with Crippen LogP contribution in [0.25, 0.3) is 0 Å². The standard InChI is InChI=1S/C14H23NO3/c1-3-16-11-12(2)17-8-9-18-14-7-5-4-6-13(14)10-15/h4-7,12H,3,8-11,15H2,1-2H3. The molecule has 0 amide bonds. The summed E-state index contributed by atoms with van der Waals surface area (Å²) in [5, 5.41) is 0. The molecule has 0 aromatic heterocycles. The second-order valence-electron chi connectivity index (χ2n) is 4.00. The molecule has 0 aliphatic rings. The highest BCUT2D eigenvalue weighted by Gasteiger charge is 2.03. The fourth-order valence-electron chi connectivity index (χ4n) is 1.55. The molecule has 1 aromatic carbocycles. The summed E-state index contributed by atoms with van der Waals surface area (Å²) in [5.74, 6) is 0.834. The van der Waals surface area contributed by atoms with Crippen LogP contribution < -0.4 is 10.5 Å². The van der Waals surface area contributed by atoms with Crippen molar-refractivity contribution < 1.29 is 14.2 Å². The van der Waals surface area contributed by atoms with Crippen LogP contribution in [-0.2, 0) is 16.0 Å². The molecule has 0 saturated heterocycles. The van der Waals surface area contributed by atoms with Crippen molar-refractivity contribution in [1.82, 2.24) is 0 Å². The summed E-state index contributed by atoms with van der Waals surface area (Å²) >= 11 is 0. The highest BCUT2D eigenvalue weighted by Crippen LogP contribution is 2.16. The Morgan fingerprint density at radius 1 is 1.22 bits per heavy atom. The summed E-state index contributed by atoms with van der Waals surface area (Å²) in [7, 11) is 0. The third kappa shape index (κ3) is 5.49. The van der Waals surface area contributed by atoms with Crippen molar-refractivity contribution in [2.75, 3.05) is 26.4 Å². The molecular weight excluding hydrogens is 230 g/mol. The van der Waals surface area contributed by atoms with Crippen molar-refractivity contribution in [3.05, 3.63) is 29.8 Å². The number of benzene rings is 1. The van der Waals surface area contributed by atoms with E-state index in [0.717, 1.165) is 11.3 Å². The lowest BCUT2D eigenvalue weighted by atomic mass is 10.2. The fraction of sp³-hybridized carbons (Fsp3) is 0.571. The van der Waals surface area contributed by atoms with E-state index in [1.54, 1.807) is 0 Å². The third-order valence-electron chi connectivity index (χ3n) is 2.49. The first-order valence-electron chi connectivity index (χ1n) is 6.38. The monoisotopic (exact) mass is 253 g/mol. The molecule has 2 N–H and O–H groups in total. The summed E-state index contributed by atoms with van der Waals surface area (Å²) in [6.07, 6.45) is 0.0957. The first-order valence-corrected chi connectivity index (χ1v) is 6.38. The average molecular weight is 253 g/mol. The van der Waals surface area contributed by atoms with E-state index in [2.05, 4.69) is 0 Å². The number of hydrogen-bond donors (Lipinski definition) is 1. The van der Waals surface area contributed by atoms with Gasteiger partial charge in [-0.15, -0.1) is 0 Å². The van der Waals surface area contributed by atoms with Crippen LogP contribution in [0.1, 0.15) is 19.4 Å². The van der Waals surface area contributed by atoms with Gasteiger partial charge in [0.05, 0.1) is 19.3 Å². The van der Waals surface area contributed by atoms with Gasteiger partial charge in [-0.3, -0.25) is 0 Å². The minimum absolute atomic E-state index is 0.0957. The van der Waals surface area contributed by atoms with Crippen LogP contribution >= 0.6 is 0 Å². The zero-order chi connectivity index (χ0) is 13.2. The minimum atomic E-state index is 0.0957. The number of ether oxygens (including phenoxy) is 3. The number of hydrogen-bond acceptors (Lipinski definition) is 4. The van der Waals surface area contributed by atoms with Gasteiger partial charge in [0.2, 0.25) is 0 Å². The van der Waals surface area contributed by atoms with E-state index >= 15 is 0 Å². The van der Waals surface area contributed by atoms with E-state index in [-0.39, 0.29) is 6.10 Å². The fourth-order valence-corrected chi connectivity index (χ4v) is 1.55. The molecule has 1 unspecified atom stereocenters. The highest BCUT2D eigenvalue weighted by atomic mass is 16.5. The summed E-state index contributed by atoms with van der Waals surface area (Å²) in [6.45, 7) is 6.85. The molecule has 4 nitrogen and oxygen atoms in total. The van der Waals surface area contributed by atoms with Crippen LogP contribution in [0, 0.1) is 0 Å². The van der Waals surface area contributed by atoms with Gasteiger partial charge in [-0.1, -0.05) is 18.2 Å². The first kappa shape index (κ1) is 15.0. The Morgan fingerprint density at radius 3 is 2.72 bits per heavy atom. The van der Waals surface area contributed by atoms with Crippen LogP contribution in [-0.4, -0.2) is 32.5 Å². The Balaban J connectivity index is 2.21. The molecule has 0 spiro atoms. The Morgan fingerprint density at radius 2 is 2.00 bits per heavy atom.